The molecule has 0 atom stereocenters. The van der Waals surface area contributed by atoms with E-state index in [-0.39, 0.29) is 0 Å². The van der Waals surface area contributed by atoms with Crippen LogP contribution >= 0.6 is 0 Å². The van der Waals surface area contributed by atoms with E-state index in [2.05, 4.69) is 36.9 Å². The highest BCUT2D eigenvalue weighted by atomic mass is 16.5. The lowest BCUT2D eigenvalue weighted by Gasteiger charge is -2.13. The van der Waals surface area contributed by atoms with Gasteiger partial charge < -0.3 is 4.74 Å². The van der Waals surface area contributed by atoms with E-state index in [1.165, 1.54) is 5.56 Å². The number of aromatic nitrogens is 3. The molecule has 0 saturated heterocycles. The quantitative estimate of drug-likeness (QED) is 0.798. The smallest absolute Gasteiger partial charge is 0.164 e. The Hall–Kier alpha value is -1.84. The van der Waals surface area contributed by atoms with E-state index in [1.807, 2.05) is 22.9 Å². The Balaban J connectivity index is 2.08. The molecule has 102 valence electrons. The maximum atomic E-state index is 5.91. The van der Waals surface area contributed by atoms with E-state index in [4.69, 9.17) is 4.74 Å². The molecule has 0 aliphatic heterocycles. The first kappa shape index (κ1) is 13.6. The van der Waals surface area contributed by atoms with Gasteiger partial charge in [-0.05, 0) is 24.0 Å². The molecule has 0 aliphatic carbocycles. The third-order valence-corrected chi connectivity index (χ3v) is 3.03. The lowest BCUT2D eigenvalue weighted by Crippen LogP contribution is -2.09. The summed E-state index contributed by atoms with van der Waals surface area (Å²) in [5, 5.41) is 4.20. The lowest BCUT2D eigenvalue weighted by molar-refractivity contribution is 0.282. The lowest BCUT2D eigenvalue weighted by atomic mass is 10.0. The number of ether oxygens (including phenoxy) is 1. The fourth-order valence-corrected chi connectivity index (χ4v) is 2.03. The third-order valence-electron chi connectivity index (χ3n) is 3.03. The zero-order valence-corrected chi connectivity index (χ0v) is 11.8. The van der Waals surface area contributed by atoms with Gasteiger partial charge in [0.05, 0.1) is 0 Å². The summed E-state index contributed by atoms with van der Waals surface area (Å²) in [6.07, 6.45) is 2.63. The summed E-state index contributed by atoms with van der Waals surface area (Å²) in [4.78, 5) is 4.25. The second-order valence-corrected chi connectivity index (χ2v) is 4.88. The molecule has 0 radical (unpaired) electrons. The Bertz CT molecular complexity index is 520. The normalized spacial score (nSPS) is 10.9. The maximum absolute atomic E-state index is 5.91. The average Bonchev–Trinajstić information content (AvgIpc) is 2.84. The van der Waals surface area contributed by atoms with Crippen LogP contribution in [0.3, 0.4) is 0 Å². The van der Waals surface area contributed by atoms with Gasteiger partial charge in [0.15, 0.2) is 5.82 Å². The minimum Gasteiger partial charge on any atom is -0.485 e. The second-order valence-electron chi connectivity index (χ2n) is 4.88. The molecule has 1 aromatic carbocycles. The number of hydrogen-bond donors (Lipinski definition) is 0. The van der Waals surface area contributed by atoms with E-state index in [0.29, 0.717) is 12.5 Å². The average molecular weight is 259 g/mol. The Morgan fingerprint density at radius 2 is 2.05 bits per heavy atom. The van der Waals surface area contributed by atoms with Gasteiger partial charge in [-0.25, -0.2) is 9.67 Å². The summed E-state index contributed by atoms with van der Waals surface area (Å²) in [5.41, 5.74) is 1.23. The maximum Gasteiger partial charge on any atom is 0.164 e. The number of rotatable bonds is 6. The van der Waals surface area contributed by atoms with Crippen LogP contribution in [0.5, 0.6) is 5.75 Å². The van der Waals surface area contributed by atoms with Crippen molar-refractivity contribution >= 4 is 0 Å². The van der Waals surface area contributed by atoms with Crippen molar-refractivity contribution in [3.63, 3.8) is 0 Å². The number of hydrogen-bond acceptors (Lipinski definition) is 3. The summed E-state index contributed by atoms with van der Waals surface area (Å²) in [6.45, 7) is 7.80. The van der Waals surface area contributed by atoms with Crippen molar-refractivity contribution in [1.29, 1.82) is 0 Å². The topological polar surface area (TPSA) is 39.9 Å². The van der Waals surface area contributed by atoms with Crippen molar-refractivity contribution in [1.82, 2.24) is 14.8 Å². The third kappa shape index (κ3) is 3.34. The molecule has 0 amide bonds. The highest BCUT2D eigenvalue weighted by Gasteiger charge is 2.09. The van der Waals surface area contributed by atoms with Crippen LogP contribution in [-0.2, 0) is 13.2 Å². The number of aryl methyl sites for hydroxylation is 1. The Kier molecular flexibility index (Phi) is 4.55. The molecule has 2 aromatic rings. The highest BCUT2D eigenvalue weighted by molar-refractivity contribution is 5.35. The monoisotopic (exact) mass is 259 g/mol. The first-order chi connectivity index (χ1) is 9.22. The van der Waals surface area contributed by atoms with Gasteiger partial charge >= 0.3 is 0 Å². The summed E-state index contributed by atoms with van der Waals surface area (Å²) < 4.78 is 7.81. The number of nitrogens with zero attached hydrogens (tertiary/aromatic N) is 3. The molecule has 1 heterocycles. The van der Waals surface area contributed by atoms with Gasteiger partial charge in [0.25, 0.3) is 0 Å². The molecule has 0 N–H and O–H groups in total. The van der Waals surface area contributed by atoms with Gasteiger partial charge in [-0.15, -0.1) is 0 Å². The van der Waals surface area contributed by atoms with Crippen LogP contribution in [0.2, 0.25) is 0 Å². The summed E-state index contributed by atoms with van der Waals surface area (Å²) in [7, 11) is 0. The van der Waals surface area contributed by atoms with Crippen LogP contribution in [0.1, 0.15) is 44.5 Å². The van der Waals surface area contributed by atoms with Crippen LogP contribution < -0.4 is 4.74 Å². The molecule has 0 aliphatic rings. The van der Waals surface area contributed by atoms with Crippen LogP contribution in [0, 0.1) is 0 Å². The highest BCUT2D eigenvalue weighted by Crippen LogP contribution is 2.26. The van der Waals surface area contributed by atoms with E-state index in [9.17, 15) is 0 Å². The molecule has 4 nitrogen and oxygen atoms in total. The summed E-state index contributed by atoms with van der Waals surface area (Å²) in [5.74, 6) is 2.26. The molecule has 0 fully saturated rings. The molecule has 19 heavy (non-hydrogen) atoms. The minimum atomic E-state index is 0.449. The molecule has 1 aromatic heterocycles. The Morgan fingerprint density at radius 1 is 1.26 bits per heavy atom. The van der Waals surface area contributed by atoms with Crippen LogP contribution in [0.25, 0.3) is 0 Å². The van der Waals surface area contributed by atoms with Gasteiger partial charge in [0.2, 0.25) is 0 Å². The number of para-hydroxylation sites is 1. The summed E-state index contributed by atoms with van der Waals surface area (Å²) >= 11 is 0. The predicted octanol–water partition coefficient (Wildman–Crippen LogP) is 3.39. The van der Waals surface area contributed by atoms with Gasteiger partial charge in [-0.3, -0.25) is 0 Å². The van der Waals surface area contributed by atoms with E-state index < -0.39 is 0 Å². The van der Waals surface area contributed by atoms with Gasteiger partial charge in [0.1, 0.15) is 18.7 Å². The molecule has 0 saturated carbocycles. The molecular weight excluding hydrogens is 238 g/mol. The zero-order valence-electron chi connectivity index (χ0n) is 11.8. The van der Waals surface area contributed by atoms with Gasteiger partial charge in [0, 0.05) is 6.54 Å². The molecule has 2 rings (SSSR count). The molecule has 4 heteroatoms. The molecule has 0 unspecified atom stereocenters. The SMILES string of the molecule is CCCn1ncnc1COc1ccccc1C(C)C. The molecule has 0 bridgehead atoms. The fourth-order valence-electron chi connectivity index (χ4n) is 2.03. The van der Waals surface area contributed by atoms with E-state index in [1.54, 1.807) is 6.33 Å². The van der Waals surface area contributed by atoms with E-state index in [0.717, 1.165) is 24.5 Å². The van der Waals surface area contributed by atoms with Gasteiger partial charge in [-0.2, -0.15) is 5.10 Å². The summed E-state index contributed by atoms with van der Waals surface area (Å²) in [6, 6.07) is 8.16. The first-order valence-electron chi connectivity index (χ1n) is 6.80. The largest absolute Gasteiger partial charge is 0.485 e. The van der Waals surface area contributed by atoms with Gasteiger partial charge in [-0.1, -0.05) is 39.0 Å². The van der Waals surface area contributed by atoms with Crippen molar-refractivity contribution in [2.45, 2.75) is 46.3 Å². The van der Waals surface area contributed by atoms with Crippen molar-refractivity contribution in [2.75, 3.05) is 0 Å². The van der Waals surface area contributed by atoms with Crippen LogP contribution in [0.4, 0.5) is 0 Å². The number of benzene rings is 1. The van der Waals surface area contributed by atoms with Crippen molar-refractivity contribution < 1.29 is 4.74 Å². The Morgan fingerprint density at radius 3 is 2.79 bits per heavy atom. The second kappa shape index (κ2) is 6.36. The standard InChI is InChI=1S/C15H21N3O/c1-4-9-18-15(16-11-17-18)10-19-14-8-6-5-7-13(14)12(2)3/h5-8,11-12H,4,9-10H2,1-3H3. The first-order valence-corrected chi connectivity index (χ1v) is 6.80. The minimum absolute atomic E-state index is 0.449. The van der Waals surface area contributed by atoms with Crippen LogP contribution in [-0.4, -0.2) is 14.8 Å². The van der Waals surface area contributed by atoms with Crippen LogP contribution in [0.15, 0.2) is 30.6 Å². The fraction of sp³-hybridized carbons (Fsp3) is 0.467. The van der Waals surface area contributed by atoms with E-state index >= 15 is 0 Å². The molecular formula is C15H21N3O. The molecule has 0 spiro atoms. The Labute approximate surface area is 114 Å². The predicted molar refractivity (Wildman–Crippen MR) is 75.2 cm³/mol. The van der Waals surface area contributed by atoms with Crippen molar-refractivity contribution in [3.8, 4) is 5.75 Å². The zero-order chi connectivity index (χ0) is 13.7. The van der Waals surface area contributed by atoms with Crippen molar-refractivity contribution in [2.24, 2.45) is 0 Å². The van der Waals surface area contributed by atoms with Crippen molar-refractivity contribution in [3.05, 3.63) is 42.0 Å².